The zero-order valence-electron chi connectivity index (χ0n) is 14.7. The van der Waals surface area contributed by atoms with E-state index in [1.165, 1.54) is 17.7 Å². The van der Waals surface area contributed by atoms with E-state index in [-0.39, 0.29) is 5.82 Å². The van der Waals surface area contributed by atoms with Gasteiger partial charge in [0.1, 0.15) is 16.0 Å². The summed E-state index contributed by atoms with van der Waals surface area (Å²) in [6.07, 6.45) is 2.52. The largest absolute Gasteiger partial charge is 0.344 e. The molecule has 8 heteroatoms. The first-order valence-electron chi connectivity index (χ1n) is 8.80. The van der Waals surface area contributed by atoms with Gasteiger partial charge in [-0.05, 0) is 29.3 Å². The van der Waals surface area contributed by atoms with Crippen LogP contribution in [0.2, 0.25) is 5.15 Å². The van der Waals surface area contributed by atoms with Crippen LogP contribution in [0.5, 0.6) is 0 Å². The summed E-state index contributed by atoms with van der Waals surface area (Å²) in [6.45, 7) is 4.66. The highest BCUT2D eigenvalue weighted by Crippen LogP contribution is 2.24. The van der Waals surface area contributed by atoms with Crippen LogP contribution in [0.4, 0.5) is 9.52 Å². The monoisotopic (exact) mass is 403 g/mol. The Morgan fingerprint density at radius 3 is 2.41 bits per heavy atom. The number of aromatic nitrogens is 3. The van der Waals surface area contributed by atoms with Gasteiger partial charge in [-0.15, -0.1) is 10.2 Å². The second kappa shape index (κ2) is 8.29. The van der Waals surface area contributed by atoms with E-state index in [0.29, 0.717) is 11.6 Å². The third-order valence-electron chi connectivity index (χ3n) is 4.56. The van der Waals surface area contributed by atoms with Crippen molar-refractivity contribution in [1.29, 1.82) is 0 Å². The van der Waals surface area contributed by atoms with Crippen molar-refractivity contribution in [2.45, 2.75) is 13.0 Å². The number of rotatable bonds is 5. The second-order valence-corrected chi connectivity index (χ2v) is 7.96. The summed E-state index contributed by atoms with van der Waals surface area (Å²) < 4.78 is 13.0. The van der Waals surface area contributed by atoms with E-state index >= 15 is 0 Å². The van der Waals surface area contributed by atoms with Crippen molar-refractivity contribution in [2.24, 2.45) is 0 Å². The van der Waals surface area contributed by atoms with E-state index < -0.39 is 0 Å². The molecule has 0 saturated carbocycles. The molecule has 3 aromatic rings. The molecule has 1 fully saturated rings. The fourth-order valence-corrected chi connectivity index (χ4v) is 4.11. The van der Waals surface area contributed by atoms with Gasteiger partial charge in [0.05, 0.1) is 0 Å². The topological polar surface area (TPSA) is 45.2 Å². The molecule has 140 valence electrons. The summed E-state index contributed by atoms with van der Waals surface area (Å²) in [4.78, 5) is 8.82. The molecule has 0 bridgehead atoms. The number of pyridine rings is 1. The SMILES string of the molecule is Fc1ccc(Cc2nnc(N3CCN(Cc4ccc(Cl)nc4)CC3)s2)cc1. The summed E-state index contributed by atoms with van der Waals surface area (Å²) in [5, 5.41) is 11.1. The lowest BCUT2D eigenvalue weighted by Gasteiger charge is -2.34. The van der Waals surface area contributed by atoms with Crippen molar-refractivity contribution in [2.75, 3.05) is 31.1 Å². The Labute approximate surface area is 166 Å². The predicted molar refractivity (Wildman–Crippen MR) is 106 cm³/mol. The number of hydrogen-bond donors (Lipinski definition) is 0. The van der Waals surface area contributed by atoms with E-state index in [1.807, 2.05) is 18.3 Å². The molecule has 0 unspecified atom stereocenters. The number of anilines is 1. The van der Waals surface area contributed by atoms with Crippen LogP contribution in [0.25, 0.3) is 0 Å². The van der Waals surface area contributed by atoms with E-state index in [9.17, 15) is 4.39 Å². The van der Waals surface area contributed by atoms with Gasteiger partial charge in [0.25, 0.3) is 0 Å². The van der Waals surface area contributed by atoms with Crippen LogP contribution < -0.4 is 4.90 Å². The van der Waals surface area contributed by atoms with Gasteiger partial charge in [-0.2, -0.15) is 0 Å². The predicted octanol–water partition coefficient (Wildman–Crippen LogP) is 3.64. The molecule has 0 radical (unpaired) electrons. The Balaban J connectivity index is 1.31. The van der Waals surface area contributed by atoms with Crippen molar-refractivity contribution >= 4 is 28.1 Å². The molecule has 27 heavy (non-hydrogen) atoms. The van der Waals surface area contributed by atoms with Gasteiger partial charge in [-0.25, -0.2) is 9.37 Å². The number of benzene rings is 1. The average molecular weight is 404 g/mol. The maximum absolute atomic E-state index is 13.0. The number of halogens is 2. The smallest absolute Gasteiger partial charge is 0.208 e. The van der Waals surface area contributed by atoms with Crippen molar-refractivity contribution in [3.8, 4) is 0 Å². The first kappa shape index (κ1) is 18.3. The lowest BCUT2D eigenvalue weighted by atomic mass is 10.2. The van der Waals surface area contributed by atoms with E-state index in [0.717, 1.165) is 48.4 Å². The van der Waals surface area contributed by atoms with E-state index in [1.54, 1.807) is 23.5 Å². The average Bonchev–Trinajstić information content (AvgIpc) is 3.15. The summed E-state index contributed by atoms with van der Waals surface area (Å²) in [5.41, 5.74) is 2.21. The second-order valence-electron chi connectivity index (χ2n) is 6.53. The highest BCUT2D eigenvalue weighted by molar-refractivity contribution is 7.15. The Morgan fingerprint density at radius 2 is 1.70 bits per heavy atom. The molecule has 1 saturated heterocycles. The third kappa shape index (κ3) is 4.80. The standard InChI is InChI=1S/C19H19ClFN5S/c20-17-6-3-15(12-22-17)13-25-7-9-26(10-8-25)19-24-23-18(27-19)11-14-1-4-16(21)5-2-14/h1-6,12H,7-11,13H2. The number of nitrogens with zero attached hydrogens (tertiary/aromatic N) is 5. The Morgan fingerprint density at radius 1 is 0.963 bits per heavy atom. The highest BCUT2D eigenvalue weighted by Gasteiger charge is 2.20. The van der Waals surface area contributed by atoms with Crippen molar-refractivity contribution < 1.29 is 4.39 Å². The van der Waals surface area contributed by atoms with Crippen LogP contribution in [0.1, 0.15) is 16.1 Å². The van der Waals surface area contributed by atoms with Gasteiger partial charge in [0.15, 0.2) is 0 Å². The summed E-state index contributed by atoms with van der Waals surface area (Å²) in [7, 11) is 0. The third-order valence-corrected chi connectivity index (χ3v) is 5.77. The van der Waals surface area contributed by atoms with Gasteiger partial charge < -0.3 is 4.90 Å². The molecule has 0 spiro atoms. The fraction of sp³-hybridized carbons (Fsp3) is 0.316. The fourth-order valence-electron chi connectivity index (χ4n) is 3.08. The zero-order valence-corrected chi connectivity index (χ0v) is 16.3. The first-order chi connectivity index (χ1) is 13.2. The van der Waals surface area contributed by atoms with Crippen LogP contribution >= 0.6 is 22.9 Å². The van der Waals surface area contributed by atoms with Crippen molar-refractivity contribution in [3.05, 3.63) is 69.7 Å². The van der Waals surface area contributed by atoms with Gasteiger partial charge >= 0.3 is 0 Å². The zero-order chi connectivity index (χ0) is 18.6. The lowest BCUT2D eigenvalue weighted by Crippen LogP contribution is -2.45. The first-order valence-corrected chi connectivity index (χ1v) is 10.00. The van der Waals surface area contributed by atoms with Crippen molar-refractivity contribution in [1.82, 2.24) is 20.1 Å². The molecule has 0 amide bonds. The molecule has 1 aliphatic rings. The molecule has 0 aliphatic carbocycles. The van der Waals surface area contributed by atoms with Gasteiger partial charge in [-0.1, -0.05) is 41.1 Å². The molecular formula is C19H19ClFN5S. The molecular weight excluding hydrogens is 385 g/mol. The Hall–Kier alpha value is -2.09. The quantitative estimate of drug-likeness (QED) is 0.608. The minimum atomic E-state index is -0.219. The van der Waals surface area contributed by atoms with Gasteiger partial charge in [0.2, 0.25) is 5.13 Å². The Kier molecular flexibility index (Phi) is 5.61. The van der Waals surface area contributed by atoms with Crippen LogP contribution in [-0.4, -0.2) is 46.3 Å². The highest BCUT2D eigenvalue weighted by atomic mass is 35.5. The normalized spacial score (nSPS) is 15.3. The van der Waals surface area contributed by atoms with E-state index in [4.69, 9.17) is 11.6 Å². The lowest BCUT2D eigenvalue weighted by molar-refractivity contribution is 0.249. The van der Waals surface area contributed by atoms with Crippen LogP contribution in [0.15, 0.2) is 42.6 Å². The molecule has 0 N–H and O–H groups in total. The summed E-state index contributed by atoms with van der Waals surface area (Å²) in [5.74, 6) is -0.219. The molecule has 3 heterocycles. The van der Waals surface area contributed by atoms with Crippen molar-refractivity contribution in [3.63, 3.8) is 0 Å². The number of piperazine rings is 1. The maximum Gasteiger partial charge on any atom is 0.208 e. The molecule has 0 atom stereocenters. The maximum atomic E-state index is 13.0. The molecule has 4 rings (SSSR count). The molecule has 2 aromatic heterocycles. The Bertz CT molecular complexity index is 876. The minimum Gasteiger partial charge on any atom is -0.344 e. The van der Waals surface area contributed by atoms with Gasteiger partial charge in [-0.3, -0.25) is 4.90 Å². The molecule has 5 nitrogen and oxygen atoms in total. The molecule has 1 aliphatic heterocycles. The summed E-state index contributed by atoms with van der Waals surface area (Å²) in [6, 6.07) is 10.4. The van der Waals surface area contributed by atoms with Gasteiger partial charge in [0, 0.05) is 45.3 Å². The molecule has 1 aromatic carbocycles. The summed E-state index contributed by atoms with van der Waals surface area (Å²) >= 11 is 7.45. The number of hydrogen-bond acceptors (Lipinski definition) is 6. The van der Waals surface area contributed by atoms with Crippen LogP contribution in [-0.2, 0) is 13.0 Å². The van der Waals surface area contributed by atoms with Crippen LogP contribution in [0, 0.1) is 5.82 Å². The minimum absolute atomic E-state index is 0.219. The van der Waals surface area contributed by atoms with Crippen LogP contribution in [0.3, 0.4) is 0 Å². The van der Waals surface area contributed by atoms with E-state index in [2.05, 4.69) is 25.0 Å².